The van der Waals surface area contributed by atoms with Crippen molar-refractivity contribution in [1.29, 1.82) is 0 Å². The number of fused-ring (bicyclic) bond motifs is 2. The highest BCUT2D eigenvalue weighted by molar-refractivity contribution is 6.35. The summed E-state index contributed by atoms with van der Waals surface area (Å²) in [6.07, 6.45) is 0.633. The van der Waals surface area contributed by atoms with Crippen LogP contribution in [-0.4, -0.2) is 16.3 Å². The zero-order valence-electron chi connectivity index (χ0n) is 14.4. The van der Waals surface area contributed by atoms with Gasteiger partial charge >= 0.3 is 0 Å². The third-order valence-electron chi connectivity index (χ3n) is 4.59. The maximum absolute atomic E-state index is 11.1. The van der Waals surface area contributed by atoms with Gasteiger partial charge in [-0.05, 0) is 40.6 Å². The molecule has 136 valence electrons. The maximum Gasteiger partial charge on any atom is 0.222 e. The molecular weight excluding hydrogens is 364 g/mol. The topological polar surface area (TPSA) is 63.8 Å². The Bertz CT molecular complexity index is 1140. The molecule has 0 bridgehead atoms. The van der Waals surface area contributed by atoms with Gasteiger partial charge in [-0.15, -0.1) is 4.91 Å². The number of nitroso groups, excluding NO2 is 1. The molecule has 0 spiro atoms. The summed E-state index contributed by atoms with van der Waals surface area (Å²) in [7, 11) is 0. The Morgan fingerprint density at radius 1 is 1.04 bits per heavy atom. The van der Waals surface area contributed by atoms with Gasteiger partial charge in [-0.3, -0.25) is 0 Å². The van der Waals surface area contributed by atoms with E-state index in [2.05, 4.69) is 11.2 Å². The van der Waals surface area contributed by atoms with Crippen molar-refractivity contribution in [2.45, 2.75) is 13.0 Å². The molecule has 27 heavy (non-hydrogen) atoms. The second-order valence-electron chi connectivity index (χ2n) is 6.26. The molecule has 3 aromatic carbocycles. The summed E-state index contributed by atoms with van der Waals surface area (Å²) >= 11 is 6.26. The van der Waals surface area contributed by atoms with Crippen LogP contribution < -0.4 is 4.74 Å². The van der Waals surface area contributed by atoms with Gasteiger partial charge in [0.05, 0.1) is 17.1 Å². The number of aromatic hydroxyl groups is 1. The van der Waals surface area contributed by atoms with Crippen LogP contribution in [0.5, 0.6) is 11.6 Å². The predicted molar refractivity (Wildman–Crippen MR) is 108 cm³/mol. The summed E-state index contributed by atoms with van der Waals surface area (Å²) < 4.78 is 7.45. The molecule has 1 aromatic heterocycles. The van der Waals surface area contributed by atoms with Crippen LogP contribution in [0.25, 0.3) is 21.7 Å². The number of para-hydroxylation sites is 1. The second-order valence-corrected chi connectivity index (χ2v) is 6.67. The fraction of sp³-hybridized carbons (Fsp3) is 0.143. The van der Waals surface area contributed by atoms with Crippen LogP contribution in [0.2, 0.25) is 5.02 Å². The number of hydrogen-bond acceptors (Lipinski definition) is 4. The molecule has 0 aliphatic carbocycles. The average Bonchev–Trinajstić information content (AvgIpc) is 2.97. The van der Waals surface area contributed by atoms with E-state index in [0.717, 1.165) is 16.5 Å². The van der Waals surface area contributed by atoms with Crippen molar-refractivity contribution in [3.63, 3.8) is 0 Å². The molecule has 0 radical (unpaired) electrons. The average molecular weight is 381 g/mol. The number of benzene rings is 3. The van der Waals surface area contributed by atoms with Gasteiger partial charge in [0.1, 0.15) is 5.75 Å². The van der Waals surface area contributed by atoms with Crippen LogP contribution in [0.3, 0.4) is 0 Å². The van der Waals surface area contributed by atoms with Crippen molar-refractivity contribution < 1.29 is 9.84 Å². The SMILES string of the molecule is O=Nc1c(O)n(CCCOc2ccc3ccccc3c2)c2c(Cl)cccc12. The van der Waals surface area contributed by atoms with Gasteiger partial charge in [0.15, 0.2) is 5.69 Å². The molecule has 0 saturated carbocycles. The minimum atomic E-state index is -0.168. The van der Waals surface area contributed by atoms with E-state index in [4.69, 9.17) is 16.3 Å². The molecule has 4 rings (SSSR count). The number of hydrogen-bond donors (Lipinski definition) is 1. The first-order chi connectivity index (χ1) is 13.2. The van der Waals surface area contributed by atoms with Gasteiger partial charge in [-0.25, -0.2) is 0 Å². The van der Waals surface area contributed by atoms with Crippen LogP contribution in [-0.2, 0) is 6.54 Å². The summed E-state index contributed by atoms with van der Waals surface area (Å²) in [5.41, 5.74) is 0.625. The van der Waals surface area contributed by atoms with Gasteiger partial charge < -0.3 is 14.4 Å². The van der Waals surface area contributed by atoms with Crippen LogP contribution in [0.15, 0.2) is 65.8 Å². The fourth-order valence-electron chi connectivity index (χ4n) is 3.31. The van der Waals surface area contributed by atoms with Crippen LogP contribution >= 0.6 is 11.6 Å². The minimum Gasteiger partial charge on any atom is -0.494 e. The first kappa shape index (κ1) is 17.4. The van der Waals surface area contributed by atoms with Crippen LogP contribution in [0.1, 0.15) is 6.42 Å². The van der Waals surface area contributed by atoms with Crippen molar-refractivity contribution >= 4 is 39.0 Å². The molecule has 1 heterocycles. The van der Waals surface area contributed by atoms with E-state index in [1.807, 2.05) is 36.4 Å². The largest absolute Gasteiger partial charge is 0.494 e. The minimum absolute atomic E-state index is 0.0166. The number of ether oxygens (including phenoxy) is 1. The van der Waals surface area contributed by atoms with Crippen molar-refractivity contribution in [3.05, 3.63) is 70.6 Å². The monoisotopic (exact) mass is 380 g/mol. The van der Waals surface area contributed by atoms with E-state index in [1.165, 1.54) is 0 Å². The quantitative estimate of drug-likeness (QED) is 0.328. The van der Waals surface area contributed by atoms with Crippen molar-refractivity contribution in [3.8, 4) is 11.6 Å². The van der Waals surface area contributed by atoms with E-state index >= 15 is 0 Å². The molecule has 4 aromatic rings. The van der Waals surface area contributed by atoms with Gasteiger partial charge in [0, 0.05) is 11.9 Å². The van der Waals surface area contributed by atoms with Gasteiger partial charge in [-0.2, -0.15) is 0 Å². The lowest BCUT2D eigenvalue weighted by Gasteiger charge is -2.10. The lowest BCUT2D eigenvalue weighted by Crippen LogP contribution is -2.04. The summed E-state index contributed by atoms with van der Waals surface area (Å²) in [4.78, 5) is 11.1. The lowest BCUT2D eigenvalue weighted by atomic mass is 10.1. The van der Waals surface area contributed by atoms with Crippen molar-refractivity contribution in [1.82, 2.24) is 4.57 Å². The van der Waals surface area contributed by atoms with Crippen molar-refractivity contribution in [2.75, 3.05) is 6.61 Å². The molecule has 6 heteroatoms. The number of aryl methyl sites for hydroxylation is 1. The molecule has 1 N–H and O–H groups in total. The molecular formula is C21H17ClN2O3. The Hall–Kier alpha value is -3.05. The van der Waals surface area contributed by atoms with Crippen LogP contribution in [0.4, 0.5) is 5.69 Å². The zero-order valence-corrected chi connectivity index (χ0v) is 15.2. The maximum atomic E-state index is 11.1. The third kappa shape index (κ3) is 3.22. The smallest absolute Gasteiger partial charge is 0.222 e. The molecule has 0 fully saturated rings. The summed E-state index contributed by atoms with van der Waals surface area (Å²) in [6.45, 7) is 0.918. The highest BCUT2D eigenvalue weighted by Crippen LogP contribution is 2.41. The first-order valence-electron chi connectivity index (χ1n) is 8.63. The molecule has 5 nitrogen and oxygen atoms in total. The van der Waals surface area contributed by atoms with Gasteiger partial charge in [0.2, 0.25) is 5.88 Å². The molecule has 0 aliphatic heterocycles. The fourth-order valence-corrected chi connectivity index (χ4v) is 3.59. The molecule has 0 saturated heterocycles. The Morgan fingerprint density at radius 3 is 2.67 bits per heavy atom. The summed E-state index contributed by atoms with van der Waals surface area (Å²) in [6, 6.07) is 19.2. The Kier molecular flexibility index (Phi) is 4.69. The normalized spacial score (nSPS) is 11.1. The molecule has 0 aliphatic rings. The zero-order chi connectivity index (χ0) is 18.8. The molecule has 0 unspecified atom stereocenters. The number of aromatic nitrogens is 1. The number of nitrogens with zero attached hydrogens (tertiary/aromatic N) is 2. The highest BCUT2D eigenvalue weighted by atomic mass is 35.5. The predicted octanol–water partition coefficient (Wildman–Crippen LogP) is 6.02. The van der Waals surface area contributed by atoms with Gasteiger partial charge in [0.25, 0.3) is 0 Å². The first-order valence-corrected chi connectivity index (χ1v) is 9.01. The lowest BCUT2D eigenvalue weighted by molar-refractivity contribution is 0.298. The van der Waals surface area contributed by atoms with E-state index < -0.39 is 0 Å². The van der Waals surface area contributed by atoms with E-state index in [9.17, 15) is 10.0 Å². The molecule has 0 atom stereocenters. The summed E-state index contributed by atoms with van der Waals surface area (Å²) in [5.74, 6) is 0.627. The van der Waals surface area contributed by atoms with Crippen LogP contribution in [0, 0.1) is 4.91 Å². The van der Waals surface area contributed by atoms with E-state index in [1.54, 1.807) is 22.8 Å². The number of rotatable bonds is 6. The van der Waals surface area contributed by atoms with E-state index in [-0.39, 0.29) is 11.6 Å². The molecule has 0 amide bonds. The Labute approximate surface area is 160 Å². The van der Waals surface area contributed by atoms with Gasteiger partial charge in [-0.1, -0.05) is 54.1 Å². The Balaban J connectivity index is 1.49. The van der Waals surface area contributed by atoms with E-state index in [0.29, 0.717) is 35.5 Å². The standard InChI is InChI=1S/C21H17ClN2O3/c22-18-8-3-7-17-19(23-26)21(25)24(20(17)18)11-4-12-27-16-10-9-14-5-1-2-6-15(14)13-16/h1-3,5-10,13,25H,4,11-12H2. The Morgan fingerprint density at radius 2 is 1.85 bits per heavy atom. The number of halogens is 1. The third-order valence-corrected chi connectivity index (χ3v) is 4.89. The van der Waals surface area contributed by atoms with Crippen molar-refractivity contribution in [2.24, 2.45) is 5.18 Å². The second kappa shape index (κ2) is 7.29. The highest BCUT2D eigenvalue weighted by Gasteiger charge is 2.19. The summed E-state index contributed by atoms with van der Waals surface area (Å²) in [5, 5.41) is 16.6.